The molecule has 156 valence electrons. The van der Waals surface area contributed by atoms with E-state index >= 15 is 0 Å². The van der Waals surface area contributed by atoms with Gasteiger partial charge in [-0.3, -0.25) is 4.79 Å². The van der Waals surface area contributed by atoms with E-state index in [0.29, 0.717) is 25.1 Å². The first kappa shape index (κ1) is 21.7. The van der Waals surface area contributed by atoms with Crippen molar-refractivity contribution < 1.29 is 13.2 Å². The Kier molecular flexibility index (Phi) is 7.38. The summed E-state index contributed by atoms with van der Waals surface area (Å²) in [5, 5.41) is 2.83. The molecule has 0 aliphatic rings. The molecule has 30 heavy (non-hydrogen) atoms. The molecule has 2 N–H and O–H groups in total. The number of benzene rings is 3. The Morgan fingerprint density at radius 1 is 0.867 bits per heavy atom. The summed E-state index contributed by atoms with van der Waals surface area (Å²) in [6, 6.07) is 25.8. The van der Waals surface area contributed by atoms with E-state index in [9.17, 15) is 13.2 Å². The number of hydrogen-bond acceptors (Lipinski definition) is 3. The van der Waals surface area contributed by atoms with Gasteiger partial charge in [0.2, 0.25) is 15.9 Å². The lowest BCUT2D eigenvalue weighted by Crippen LogP contribution is -2.26. The number of sulfonamides is 1. The van der Waals surface area contributed by atoms with Gasteiger partial charge in [-0.25, -0.2) is 13.1 Å². The molecule has 3 aromatic rings. The van der Waals surface area contributed by atoms with Crippen LogP contribution in [0.15, 0.2) is 89.8 Å². The quantitative estimate of drug-likeness (QED) is 0.539. The first-order valence-corrected chi connectivity index (χ1v) is 11.4. The molecular formula is C24H26N2O3S. The molecule has 5 nitrogen and oxygen atoms in total. The van der Waals surface area contributed by atoms with E-state index in [4.69, 9.17) is 0 Å². The normalized spacial score (nSPS) is 12.3. The van der Waals surface area contributed by atoms with E-state index in [-0.39, 0.29) is 16.7 Å². The van der Waals surface area contributed by atoms with Crippen molar-refractivity contribution in [3.63, 3.8) is 0 Å². The van der Waals surface area contributed by atoms with Gasteiger partial charge in [-0.1, -0.05) is 67.6 Å². The van der Waals surface area contributed by atoms with Crippen LogP contribution in [0.2, 0.25) is 0 Å². The molecule has 0 saturated carbocycles. The molecule has 0 fully saturated rings. The summed E-state index contributed by atoms with van der Waals surface area (Å²) in [4.78, 5) is 12.5. The summed E-state index contributed by atoms with van der Waals surface area (Å²) in [6.45, 7) is 2.33. The molecule has 3 aromatic carbocycles. The van der Waals surface area contributed by atoms with Gasteiger partial charge in [0.15, 0.2) is 0 Å². The monoisotopic (exact) mass is 422 g/mol. The van der Waals surface area contributed by atoms with E-state index in [1.807, 2.05) is 67.6 Å². The van der Waals surface area contributed by atoms with Crippen molar-refractivity contribution in [3.8, 4) is 0 Å². The van der Waals surface area contributed by atoms with Gasteiger partial charge in [-0.05, 0) is 47.7 Å². The van der Waals surface area contributed by atoms with Crippen molar-refractivity contribution >= 4 is 21.6 Å². The van der Waals surface area contributed by atoms with Gasteiger partial charge in [0.05, 0.1) is 4.90 Å². The molecule has 0 aliphatic carbocycles. The minimum Gasteiger partial charge on any atom is -0.326 e. The van der Waals surface area contributed by atoms with Crippen LogP contribution in [0, 0.1) is 0 Å². The van der Waals surface area contributed by atoms with Gasteiger partial charge < -0.3 is 5.32 Å². The zero-order valence-electron chi connectivity index (χ0n) is 16.9. The van der Waals surface area contributed by atoms with Crippen LogP contribution in [-0.2, 0) is 21.2 Å². The topological polar surface area (TPSA) is 75.3 Å². The molecule has 6 heteroatoms. The van der Waals surface area contributed by atoms with Crippen LogP contribution in [0.4, 0.5) is 5.69 Å². The Morgan fingerprint density at radius 3 is 2.10 bits per heavy atom. The van der Waals surface area contributed by atoms with Crippen LogP contribution in [-0.4, -0.2) is 20.9 Å². The highest BCUT2D eigenvalue weighted by atomic mass is 32.2. The Labute approximate surface area is 178 Å². The Bertz CT molecular complexity index is 1050. The van der Waals surface area contributed by atoms with Crippen molar-refractivity contribution in [3.05, 3.63) is 96.1 Å². The number of anilines is 1. The van der Waals surface area contributed by atoms with Gasteiger partial charge in [0, 0.05) is 18.7 Å². The lowest BCUT2D eigenvalue weighted by atomic mass is 9.97. The summed E-state index contributed by atoms with van der Waals surface area (Å²) in [5.41, 5.74) is 2.75. The summed E-state index contributed by atoms with van der Waals surface area (Å²) >= 11 is 0. The minimum atomic E-state index is -3.59. The van der Waals surface area contributed by atoms with E-state index in [0.717, 1.165) is 11.1 Å². The van der Waals surface area contributed by atoms with Gasteiger partial charge >= 0.3 is 0 Å². The molecule has 0 bridgehead atoms. The fourth-order valence-corrected chi connectivity index (χ4v) is 4.20. The first-order chi connectivity index (χ1) is 14.4. The van der Waals surface area contributed by atoms with Crippen LogP contribution in [0.1, 0.15) is 30.4 Å². The second kappa shape index (κ2) is 10.2. The molecule has 0 aliphatic heterocycles. The van der Waals surface area contributed by atoms with Gasteiger partial charge in [0.25, 0.3) is 0 Å². The van der Waals surface area contributed by atoms with Crippen molar-refractivity contribution in [1.82, 2.24) is 4.72 Å². The van der Waals surface area contributed by atoms with Gasteiger partial charge in [-0.2, -0.15) is 0 Å². The zero-order valence-corrected chi connectivity index (χ0v) is 17.7. The van der Waals surface area contributed by atoms with Crippen molar-refractivity contribution in [2.75, 3.05) is 11.9 Å². The molecule has 3 rings (SSSR count). The lowest BCUT2D eigenvalue weighted by molar-refractivity contribution is -0.116. The smallest absolute Gasteiger partial charge is 0.240 e. The fourth-order valence-electron chi connectivity index (χ4n) is 3.16. The first-order valence-electron chi connectivity index (χ1n) is 9.92. The van der Waals surface area contributed by atoms with Crippen LogP contribution < -0.4 is 10.0 Å². The van der Waals surface area contributed by atoms with Crippen molar-refractivity contribution in [2.45, 2.75) is 30.6 Å². The number of hydrogen-bond donors (Lipinski definition) is 2. The molecule has 0 heterocycles. The molecule has 1 amide bonds. The average Bonchev–Trinajstić information content (AvgIpc) is 2.75. The number of amides is 1. The van der Waals surface area contributed by atoms with Crippen LogP contribution in [0.25, 0.3) is 0 Å². The highest BCUT2D eigenvalue weighted by Gasteiger charge is 2.15. The predicted octanol–water partition coefficient (Wildman–Crippen LogP) is 4.34. The molecule has 0 aromatic heterocycles. The second-order valence-corrected chi connectivity index (χ2v) is 8.99. The Hall–Kier alpha value is -2.96. The molecule has 1 unspecified atom stereocenters. The number of nitrogens with one attached hydrogen (secondary N) is 2. The van der Waals surface area contributed by atoms with E-state index in [1.54, 1.807) is 12.1 Å². The third-order valence-electron chi connectivity index (χ3n) is 4.86. The highest BCUT2D eigenvalue weighted by molar-refractivity contribution is 7.89. The molecule has 0 radical (unpaired) electrons. The largest absolute Gasteiger partial charge is 0.326 e. The highest BCUT2D eigenvalue weighted by Crippen LogP contribution is 2.20. The Balaban J connectivity index is 1.52. The maximum Gasteiger partial charge on any atom is 0.240 e. The van der Waals surface area contributed by atoms with Gasteiger partial charge in [-0.15, -0.1) is 0 Å². The maximum atomic E-state index is 12.5. The summed E-state index contributed by atoms with van der Waals surface area (Å²) in [6.07, 6.45) is 0.971. The zero-order chi connectivity index (χ0) is 21.4. The number of rotatable bonds is 9. The van der Waals surface area contributed by atoms with Gasteiger partial charge in [0.1, 0.15) is 0 Å². The summed E-state index contributed by atoms with van der Waals surface area (Å²) < 4.78 is 27.5. The van der Waals surface area contributed by atoms with Crippen molar-refractivity contribution in [2.24, 2.45) is 0 Å². The summed E-state index contributed by atoms with van der Waals surface area (Å²) in [5.74, 6) is -0.0115. The second-order valence-electron chi connectivity index (χ2n) is 7.22. The number of carbonyl (C=O) groups excluding carboxylic acids is 1. The standard InChI is InChI=1S/C24H26N2O3S/c1-19(21-10-6-3-7-11-21)18-24(27)26-22-12-14-23(15-13-22)30(28,29)25-17-16-20-8-4-2-5-9-20/h2-15,19,25H,16-18H2,1H3,(H,26,27). The van der Waals surface area contributed by atoms with Crippen LogP contribution >= 0.6 is 0 Å². The molecule has 0 saturated heterocycles. The third-order valence-corrected chi connectivity index (χ3v) is 6.33. The molecule has 1 atom stereocenters. The minimum absolute atomic E-state index is 0.0969. The fraction of sp³-hybridized carbons (Fsp3) is 0.208. The van der Waals surface area contributed by atoms with E-state index in [1.165, 1.54) is 12.1 Å². The molecular weight excluding hydrogens is 396 g/mol. The van der Waals surface area contributed by atoms with E-state index < -0.39 is 10.0 Å². The Morgan fingerprint density at radius 2 is 1.47 bits per heavy atom. The maximum absolute atomic E-state index is 12.5. The predicted molar refractivity (Wildman–Crippen MR) is 120 cm³/mol. The third kappa shape index (κ3) is 6.27. The summed E-state index contributed by atoms with van der Waals surface area (Å²) in [7, 11) is -3.59. The van der Waals surface area contributed by atoms with Crippen LogP contribution in [0.3, 0.4) is 0 Å². The molecule has 0 spiro atoms. The average molecular weight is 423 g/mol. The van der Waals surface area contributed by atoms with Crippen LogP contribution in [0.5, 0.6) is 0 Å². The lowest BCUT2D eigenvalue weighted by Gasteiger charge is -2.12. The number of carbonyl (C=O) groups is 1. The van der Waals surface area contributed by atoms with E-state index in [2.05, 4.69) is 10.0 Å². The van der Waals surface area contributed by atoms with Crippen molar-refractivity contribution in [1.29, 1.82) is 0 Å². The SMILES string of the molecule is CC(CC(=O)Nc1ccc(S(=O)(=O)NCCc2ccccc2)cc1)c1ccccc1.